The van der Waals surface area contributed by atoms with Crippen molar-refractivity contribution >= 4 is 45.4 Å². The van der Waals surface area contributed by atoms with Gasteiger partial charge in [-0.25, -0.2) is 9.78 Å². The highest BCUT2D eigenvalue weighted by atomic mass is 127. The summed E-state index contributed by atoms with van der Waals surface area (Å²) < 4.78 is 18.9. The Morgan fingerprint density at radius 3 is 2.65 bits per heavy atom. The average molecular weight is 581 g/mol. The maximum Gasteiger partial charge on any atom is 0.407 e. The fraction of sp³-hybridized carbons (Fsp3) is 0.458. The number of anilines is 1. The lowest BCUT2D eigenvalue weighted by Gasteiger charge is -2.22. The van der Waals surface area contributed by atoms with E-state index in [2.05, 4.69) is 38.2 Å². The quantitative estimate of drug-likeness (QED) is 0.345. The van der Waals surface area contributed by atoms with Crippen LogP contribution in [0, 0.1) is 3.70 Å². The number of nitrogens with zero attached hydrogens (tertiary/aromatic N) is 3. The Kier molecular flexibility index (Phi) is 8.45. The van der Waals surface area contributed by atoms with Gasteiger partial charge in [-0.2, -0.15) is 5.10 Å². The first-order valence-electron chi connectivity index (χ1n) is 11.1. The van der Waals surface area contributed by atoms with E-state index in [1.165, 1.54) is 0 Å². The summed E-state index contributed by atoms with van der Waals surface area (Å²) in [6.07, 6.45) is 2.07. The van der Waals surface area contributed by atoms with E-state index >= 15 is 0 Å². The van der Waals surface area contributed by atoms with Crippen molar-refractivity contribution < 1.29 is 19.0 Å². The van der Waals surface area contributed by atoms with Gasteiger partial charge < -0.3 is 24.8 Å². The lowest BCUT2D eigenvalue weighted by molar-refractivity contribution is 0.0505. The average Bonchev–Trinajstić information content (AvgIpc) is 3.11. The number of carbonyl (C=O) groups is 1. The second kappa shape index (κ2) is 11.1. The summed E-state index contributed by atoms with van der Waals surface area (Å²) >= 11 is 2.23. The summed E-state index contributed by atoms with van der Waals surface area (Å²) in [7, 11) is 3.27. The van der Waals surface area contributed by atoms with Crippen LogP contribution in [0.25, 0.3) is 10.9 Å². The Morgan fingerprint density at radius 1 is 1.21 bits per heavy atom. The number of benzene rings is 1. The number of hydrogen-bond acceptors (Lipinski definition) is 7. The molecule has 184 valence electrons. The highest BCUT2D eigenvalue weighted by Crippen LogP contribution is 2.29. The Labute approximate surface area is 213 Å². The highest BCUT2D eigenvalue weighted by molar-refractivity contribution is 14.1. The van der Waals surface area contributed by atoms with Gasteiger partial charge in [-0.15, -0.1) is 0 Å². The predicted molar refractivity (Wildman–Crippen MR) is 141 cm³/mol. The molecule has 10 heteroatoms. The van der Waals surface area contributed by atoms with E-state index in [4.69, 9.17) is 19.3 Å². The molecule has 2 aromatic heterocycles. The van der Waals surface area contributed by atoms with E-state index in [-0.39, 0.29) is 6.04 Å². The van der Waals surface area contributed by atoms with E-state index in [1.54, 1.807) is 20.4 Å². The number of pyridine rings is 1. The van der Waals surface area contributed by atoms with E-state index in [0.717, 1.165) is 37.5 Å². The molecular formula is C24H32IN5O4. The lowest BCUT2D eigenvalue weighted by atomic mass is 10.2. The second-order valence-electron chi connectivity index (χ2n) is 8.93. The first-order valence-corrected chi connectivity index (χ1v) is 12.1. The third-order valence-electron chi connectivity index (χ3n) is 5.10. The number of aryl methyl sites for hydroxylation is 1. The van der Waals surface area contributed by atoms with Crippen LogP contribution in [-0.2, 0) is 17.8 Å². The zero-order valence-electron chi connectivity index (χ0n) is 20.4. The van der Waals surface area contributed by atoms with Crippen molar-refractivity contribution in [2.75, 3.05) is 19.5 Å². The van der Waals surface area contributed by atoms with E-state index in [0.29, 0.717) is 19.5 Å². The third-order valence-corrected chi connectivity index (χ3v) is 5.85. The van der Waals surface area contributed by atoms with Gasteiger partial charge in [0, 0.05) is 37.0 Å². The van der Waals surface area contributed by atoms with E-state index in [1.807, 2.05) is 56.6 Å². The van der Waals surface area contributed by atoms with Crippen LogP contribution in [0.15, 0.2) is 30.5 Å². The number of amides is 1. The van der Waals surface area contributed by atoms with Gasteiger partial charge in [0.2, 0.25) is 0 Å². The Hall–Kier alpha value is -2.76. The van der Waals surface area contributed by atoms with Gasteiger partial charge >= 0.3 is 6.09 Å². The van der Waals surface area contributed by atoms with Gasteiger partial charge in [0.15, 0.2) is 0 Å². The normalized spacial score (nSPS) is 12.3. The molecule has 1 atom stereocenters. The smallest absolute Gasteiger partial charge is 0.407 e. The summed E-state index contributed by atoms with van der Waals surface area (Å²) in [4.78, 5) is 16.6. The molecule has 1 unspecified atom stereocenters. The molecule has 0 aliphatic heterocycles. The Balaban J connectivity index is 1.70. The maximum absolute atomic E-state index is 12.0. The summed E-state index contributed by atoms with van der Waals surface area (Å²) in [6.45, 7) is 8.68. The molecule has 0 aliphatic rings. The molecule has 0 spiro atoms. The zero-order chi connectivity index (χ0) is 24.9. The fourth-order valence-electron chi connectivity index (χ4n) is 3.46. The minimum atomic E-state index is -0.523. The molecule has 0 aliphatic carbocycles. The molecular weight excluding hydrogens is 549 g/mol. The number of halogens is 1. The van der Waals surface area contributed by atoms with Crippen LogP contribution < -0.4 is 20.1 Å². The Morgan fingerprint density at radius 2 is 1.97 bits per heavy atom. The summed E-state index contributed by atoms with van der Waals surface area (Å²) in [5, 5.41) is 12.0. The molecule has 0 saturated heterocycles. The predicted octanol–water partition coefficient (Wildman–Crippen LogP) is 4.97. The lowest BCUT2D eigenvalue weighted by Crippen LogP contribution is -2.38. The van der Waals surface area contributed by atoms with Crippen LogP contribution >= 0.6 is 22.6 Å². The largest absolute Gasteiger partial charge is 0.497 e. The van der Waals surface area contributed by atoms with Crippen LogP contribution in [0.4, 0.5) is 10.6 Å². The van der Waals surface area contributed by atoms with E-state index in [9.17, 15) is 4.79 Å². The van der Waals surface area contributed by atoms with Gasteiger partial charge in [-0.1, -0.05) is 0 Å². The summed E-state index contributed by atoms with van der Waals surface area (Å²) in [5.74, 6) is 2.24. The molecule has 0 saturated carbocycles. The molecule has 0 bridgehead atoms. The number of hydrogen-bond donors (Lipinski definition) is 2. The molecule has 2 N–H and O–H groups in total. The number of carbonyl (C=O) groups excluding carboxylic acids is 1. The molecule has 0 radical (unpaired) electrons. The van der Waals surface area contributed by atoms with E-state index < -0.39 is 11.7 Å². The molecule has 3 aromatic rings. The number of rotatable bonds is 9. The van der Waals surface area contributed by atoms with Crippen molar-refractivity contribution in [2.24, 2.45) is 0 Å². The standard InChI is InChI=1S/C24H32IN5O4/c1-15(28-23(31)34-24(2,3)4)10-12-30-18-9-11-26-22(20(18)21(25)29-30)27-14-16-7-8-17(32-5)13-19(16)33-6/h7-9,11,13,15H,10,12,14H2,1-6H3,(H,26,27)(H,28,31). The first-order chi connectivity index (χ1) is 16.1. The zero-order valence-corrected chi connectivity index (χ0v) is 22.6. The van der Waals surface area contributed by atoms with Gasteiger partial charge in [0.25, 0.3) is 0 Å². The highest BCUT2D eigenvalue weighted by Gasteiger charge is 2.19. The third kappa shape index (κ3) is 6.64. The number of fused-ring (bicyclic) bond motifs is 1. The van der Waals surface area contributed by atoms with Crippen LogP contribution in [0.5, 0.6) is 11.5 Å². The van der Waals surface area contributed by atoms with Crippen molar-refractivity contribution in [3.05, 3.63) is 39.7 Å². The minimum absolute atomic E-state index is 0.0614. The molecule has 1 aromatic carbocycles. The van der Waals surface area contributed by atoms with Crippen molar-refractivity contribution in [3.8, 4) is 11.5 Å². The number of alkyl carbamates (subject to hydrolysis) is 1. The van der Waals surface area contributed by atoms with Crippen LogP contribution in [-0.4, -0.2) is 46.7 Å². The monoisotopic (exact) mass is 581 g/mol. The van der Waals surface area contributed by atoms with Gasteiger partial charge in [-0.05, 0) is 74.9 Å². The Bertz CT molecular complexity index is 1140. The second-order valence-corrected chi connectivity index (χ2v) is 9.96. The molecule has 0 fully saturated rings. The first kappa shape index (κ1) is 25.9. The van der Waals surface area contributed by atoms with Crippen LogP contribution in [0.1, 0.15) is 39.7 Å². The van der Waals surface area contributed by atoms with Gasteiger partial charge in [0.05, 0.1) is 25.1 Å². The van der Waals surface area contributed by atoms with Crippen molar-refractivity contribution in [1.29, 1.82) is 0 Å². The van der Waals surface area contributed by atoms with Crippen molar-refractivity contribution in [1.82, 2.24) is 20.1 Å². The van der Waals surface area contributed by atoms with Crippen molar-refractivity contribution in [2.45, 2.75) is 58.8 Å². The fourth-order valence-corrected chi connectivity index (χ4v) is 4.25. The number of ether oxygens (including phenoxy) is 3. The molecule has 1 amide bonds. The number of methoxy groups -OCH3 is 2. The maximum atomic E-state index is 12.0. The number of nitrogens with one attached hydrogen (secondary N) is 2. The van der Waals surface area contributed by atoms with Crippen molar-refractivity contribution in [3.63, 3.8) is 0 Å². The number of aromatic nitrogens is 3. The van der Waals surface area contributed by atoms with Crippen LogP contribution in [0.3, 0.4) is 0 Å². The summed E-state index contributed by atoms with van der Waals surface area (Å²) in [6, 6.07) is 7.63. The van der Waals surface area contributed by atoms with Crippen LogP contribution in [0.2, 0.25) is 0 Å². The molecule has 34 heavy (non-hydrogen) atoms. The SMILES string of the molecule is COc1ccc(CNc2nccc3c2c(I)nn3CCC(C)NC(=O)OC(C)(C)C)c(OC)c1. The minimum Gasteiger partial charge on any atom is -0.497 e. The molecule has 9 nitrogen and oxygen atoms in total. The topological polar surface area (TPSA) is 99.5 Å². The van der Waals surface area contributed by atoms with Gasteiger partial charge in [-0.3, -0.25) is 4.68 Å². The molecule has 3 rings (SSSR count). The summed E-state index contributed by atoms with van der Waals surface area (Å²) in [5.41, 5.74) is 1.45. The molecule has 2 heterocycles. The van der Waals surface area contributed by atoms with Gasteiger partial charge in [0.1, 0.15) is 26.6 Å².